The van der Waals surface area contributed by atoms with Crippen LogP contribution in [0.1, 0.15) is 6.42 Å². The fourth-order valence-electron chi connectivity index (χ4n) is 5.74. The summed E-state index contributed by atoms with van der Waals surface area (Å²) in [5, 5.41) is 7.80. The minimum absolute atomic E-state index is 0.346. The van der Waals surface area contributed by atoms with E-state index in [-0.39, 0.29) is 15.1 Å². The predicted octanol–water partition coefficient (Wildman–Crippen LogP) is 8.41. The summed E-state index contributed by atoms with van der Waals surface area (Å²) in [5.74, 6) is 1.85. The van der Waals surface area contributed by atoms with Crippen LogP contribution in [-0.2, 0) is 15.1 Å². The number of hydrogen-bond acceptors (Lipinski definition) is 2. The fourth-order valence-corrected chi connectivity index (χ4v) is 10.7. The minimum Gasteiger partial charge on any atom is -0.493 e. The molecule has 0 aliphatic carbocycles. The largest absolute Gasteiger partial charge is 0.493 e. The van der Waals surface area contributed by atoms with Crippen molar-refractivity contribution in [2.75, 3.05) is 13.2 Å². The van der Waals surface area contributed by atoms with Gasteiger partial charge in [-0.3, -0.25) is 0 Å². The predicted molar refractivity (Wildman–Crippen MR) is 197 cm³/mol. The first-order valence-electron chi connectivity index (χ1n) is 15.0. The molecular weight excluding hydrogens is 734 g/mol. The van der Waals surface area contributed by atoms with Crippen LogP contribution >= 0.6 is 35.2 Å². The van der Waals surface area contributed by atoms with E-state index in [4.69, 9.17) is 28.9 Å². The number of ether oxygens (including phenoxy) is 2. The number of halogens is 2. The smallest absolute Gasteiger partial charge is 0.127 e. The van der Waals surface area contributed by atoms with E-state index in [0.717, 1.165) is 29.0 Å². The Hall–Kier alpha value is -3.02. The molecule has 2 nitrogen and oxygen atoms in total. The fraction of sp³-hybridized carbons (Fsp3) is 0.0769. The van der Waals surface area contributed by atoms with Crippen molar-refractivity contribution in [1.29, 1.82) is 0 Å². The molecule has 0 bridgehead atoms. The van der Waals surface area contributed by atoms with Crippen LogP contribution in [0.5, 0.6) is 11.5 Å². The zero-order chi connectivity index (χ0) is 31.6. The van der Waals surface area contributed by atoms with Crippen LogP contribution in [0.3, 0.4) is 0 Å². The Balaban J connectivity index is 0.00000119. The summed E-state index contributed by atoms with van der Waals surface area (Å²) < 4.78 is 13.2. The molecule has 0 radical (unpaired) electrons. The van der Waals surface area contributed by atoms with Crippen molar-refractivity contribution >= 4 is 67.1 Å². The van der Waals surface area contributed by atoms with Crippen LogP contribution in [0.2, 0.25) is 0 Å². The molecule has 1 aliphatic heterocycles. The Morgan fingerprint density at radius 1 is 0.413 bits per heavy atom. The number of rotatable bonds is 6. The number of hydrogen-bond donors (Lipinski definition) is 0. The van der Waals surface area contributed by atoms with Crippen LogP contribution in [0.4, 0.5) is 0 Å². The molecule has 232 valence electrons. The maximum atomic E-state index is 6.61. The van der Waals surface area contributed by atoms with Gasteiger partial charge in [-0.1, -0.05) is 146 Å². The molecule has 1 aliphatic rings. The van der Waals surface area contributed by atoms with Gasteiger partial charge in [0.2, 0.25) is 0 Å². The molecular formula is C39H32Cl2O2P2Ru. The quantitative estimate of drug-likeness (QED) is 0.125. The maximum absolute atomic E-state index is 6.61. The van der Waals surface area contributed by atoms with Gasteiger partial charge in [0, 0.05) is 17.5 Å². The van der Waals surface area contributed by atoms with Gasteiger partial charge in [0.1, 0.15) is 11.5 Å². The van der Waals surface area contributed by atoms with Gasteiger partial charge in [-0.2, -0.15) is 0 Å². The second kappa shape index (κ2) is 16.7. The normalized spacial score (nSPS) is 12.3. The van der Waals surface area contributed by atoms with Crippen LogP contribution < -0.4 is 41.3 Å². The summed E-state index contributed by atoms with van der Waals surface area (Å²) in [6.45, 7) is 1.22. The summed E-state index contributed by atoms with van der Waals surface area (Å²) in [5.41, 5.74) is 2.29. The molecule has 7 heteroatoms. The topological polar surface area (TPSA) is 18.5 Å². The average Bonchev–Trinajstić information content (AvgIpc) is 3.20. The van der Waals surface area contributed by atoms with Gasteiger partial charge in [-0.05, 0) is 59.8 Å². The molecule has 6 aromatic carbocycles. The molecule has 1 heterocycles. The third-order valence-electron chi connectivity index (χ3n) is 7.60. The molecule has 0 saturated carbocycles. The van der Waals surface area contributed by atoms with Gasteiger partial charge in [0.25, 0.3) is 0 Å². The van der Waals surface area contributed by atoms with Crippen molar-refractivity contribution in [1.82, 2.24) is 0 Å². The molecule has 0 unspecified atom stereocenters. The van der Waals surface area contributed by atoms with Gasteiger partial charge in [0.05, 0.1) is 13.2 Å². The van der Waals surface area contributed by atoms with Crippen LogP contribution in [0.15, 0.2) is 158 Å². The van der Waals surface area contributed by atoms with E-state index in [1.807, 2.05) is 0 Å². The van der Waals surface area contributed by atoms with E-state index in [9.17, 15) is 0 Å². The third kappa shape index (κ3) is 7.58. The Morgan fingerprint density at radius 2 is 0.717 bits per heavy atom. The first kappa shape index (κ1) is 32.9. The minimum atomic E-state index is -0.883. The van der Waals surface area contributed by atoms with Gasteiger partial charge in [0.15, 0.2) is 0 Å². The molecule has 46 heavy (non-hydrogen) atoms. The molecule has 7 rings (SSSR count). The van der Waals surface area contributed by atoms with Gasteiger partial charge in [-0.15, -0.1) is 0 Å². The molecule has 0 saturated heterocycles. The number of fused-ring (bicyclic) bond motifs is 3. The Labute approximate surface area is 289 Å². The summed E-state index contributed by atoms with van der Waals surface area (Å²) in [7, 11) is 7.94. The first-order valence-corrected chi connectivity index (χ1v) is 22.1. The van der Waals surface area contributed by atoms with Crippen molar-refractivity contribution in [2.24, 2.45) is 0 Å². The molecule has 0 amide bonds. The van der Waals surface area contributed by atoms with Crippen molar-refractivity contribution in [2.45, 2.75) is 6.42 Å². The Bertz CT molecular complexity index is 1610. The molecule has 0 atom stereocenters. The van der Waals surface area contributed by atoms with Crippen molar-refractivity contribution in [3.63, 3.8) is 0 Å². The van der Waals surface area contributed by atoms with E-state index in [1.165, 1.54) is 31.8 Å². The summed E-state index contributed by atoms with van der Waals surface area (Å²) in [6.07, 6.45) is 0.825. The summed E-state index contributed by atoms with van der Waals surface area (Å²) in [4.78, 5) is 0. The Morgan fingerprint density at radius 3 is 1.02 bits per heavy atom. The molecule has 0 fully saturated rings. The standard InChI is InChI=1S/C39H32O2P2.2ClH.Ru/c1-5-16-30(17-6-1)42(31-18-7-2-8-19-31)36-26-13-24-34-38(36)39-35(41-29-15-28-40-34)25-14-27-37(39)43(32-20-9-3-10-21-32)33-22-11-4-12-23-33;;;/h1-14,16-27H,15,28-29H2;2*1H;/q;;;+2/p-2. The molecule has 0 N–H and O–H groups in total. The first-order chi connectivity index (χ1) is 22.8. The average molecular weight is 767 g/mol. The maximum Gasteiger partial charge on any atom is 0.127 e. The molecule has 0 spiro atoms. The van der Waals surface area contributed by atoms with E-state index in [0.29, 0.717) is 13.2 Å². The van der Waals surface area contributed by atoms with Crippen LogP contribution in [-0.4, -0.2) is 13.2 Å². The molecule has 0 aromatic heterocycles. The zero-order valence-electron chi connectivity index (χ0n) is 25.0. The van der Waals surface area contributed by atoms with Gasteiger partial charge >= 0.3 is 34.5 Å². The zero-order valence-corrected chi connectivity index (χ0v) is 30.0. The van der Waals surface area contributed by atoms with Crippen molar-refractivity contribution in [3.05, 3.63) is 158 Å². The van der Waals surface area contributed by atoms with E-state index >= 15 is 0 Å². The molecule has 6 aromatic rings. The van der Waals surface area contributed by atoms with Crippen LogP contribution in [0, 0.1) is 0 Å². The Kier molecular flexibility index (Phi) is 11.9. The second-order valence-electron chi connectivity index (χ2n) is 10.4. The van der Waals surface area contributed by atoms with Crippen molar-refractivity contribution < 1.29 is 24.6 Å². The van der Waals surface area contributed by atoms with Gasteiger partial charge in [-0.25, -0.2) is 0 Å². The monoisotopic (exact) mass is 766 g/mol. The summed E-state index contributed by atoms with van der Waals surface area (Å²) in [6, 6.07) is 56.9. The number of benzene rings is 6. The van der Waals surface area contributed by atoms with E-state index in [1.54, 1.807) is 0 Å². The van der Waals surface area contributed by atoms with Crippen molar-refractivity contribution in [3.8, 4) is 22.6 Å². The van der Waals surface area contributed by atoms with E-state index < -0.39 is 15.8 Å². The summed E-state index contributed by atoms with van der Waals surface area (Å²) >= 11 is -0.346. The van der Waals surface area contributed by atoms with Gasteiger partial charge < -0.3 is 9.47 Å². The third-order valence-corrected chi connectivity index (χ3v) is 12.6. The SMILES string of the molecule is [Cl][Ru][Cl].c1ccc(P(c2ccccc2)c2cccc3c2-c2c(cccc2P(c2ccccc2)c2ccccc2)OCCCO3)cc1. The van der Waals surface area contributed by atoms with Crippen LogP contribution in [0.25, 0.3) is 11.1 Å². The van der Waals surface area contributed by atoms with E-state index in [2.05, 4.69) is 158 Å². The second-order valence-corrected chi connectivity index (χ2v) is 17.4.